The van der Waals surface area contributed by atoms with Crippen LogP contribution in [0.3, 0.4) is 0 Å². The van der Waals surface area contributed by atoms with Crippen LogP contribution in [0.2, 0.25) is 0 Å². The number of nitro groups is 1. The summed E-state index contributed by atoms with van der Waals surface area (Å²) in [5.74, 6) is -0.288. The average molecular weight is 286 g/mol. The topological polar surface area (TPSA) is 81.3 Å². The highest BCUT2D eigenvalue weighted by molar-refractivity contribution is 6.05. The molecule has 7 heteroatoms. The lowest BCUT2D eigenvalue weighted by atomic mass is 10.1. The number of aromatic nitrogens is 2. The second-order valence-electron chi connectivity index (χ2n) is 4.57. The number of rotatable bonds is 5. The lowest BCUT2D eigenvalue weighted by Crippen LogP contribution is -2.05. The SMILES string of the molecule is CN(C)/C=C/C(=O)c1ccc(-n2ccnc2)c([N+](=O)[O-])c1. The lowest BCUT2D eigenvalue weighted by molar-refractivity contribution is -0.384. The smallest absolute Gasteiger partial charge is 0.293 e. The molecule has 0 saturated carbocycles. The third-order valence-corrected chi connectivity index (χ3v) is 2.76. The Balaban J connectivity index is 2.42. The molecular weight excluding hydrogens is 272 g/mol. The Hall–Kier alpha value is -2.96. The summed E-state index contributed by atoms with van der Waals surface area (Å²) in [6.45, 7) is 0. The van der Waals surface area contributed by atoms with Gasteiger partial charge in [-0.1, -0.05) is 0 Å². The van der Waals surface area contributed by atoms with E-state index in [1.54, 1.807) is 37.5 Å². The molecule has 0 aliphatic carbocycles. The minimum atomic E-state index is -0.512. The predicted octanol–water partition coefficient (Wildman–Crippen LogP) is 2.04. The zero-order valence-corrected chi connectivity index (χ0v) is 11.6. The number of imidazole rings is 1. The van der Waals surface area contributed by atoms with Crippen molar-refractivity contribution in [2.75, 3.05) is 14.1 Å². The van der Waals surface area contributed by atoms with E-state index in [0.717, 1.165) is 0 Å². The highest BCUT2D eigenvalue weighted by Gasteiger charge is 2.17. The molecule has 0 aliphatic heterocycles. The zero-order chi connectivity index (χ0) is 15.4. The molecule has 21 heavy (non-hydrogen) atoms. The van der Waals surface area contributed by atoms with Crippen molar-refractivity contribution in [1.82, 2.24) is 14.5 Å². The van der Waals surface area contributed by atoms with E-state index in [1.807, 2.05) is 0 Å². The van der Waals surface area contributed by atoms with E-state index in [2.05, 4.69) is 4.98 Å². The predicted molar refractivity (Wildman–Crippen MR) is 77.4 cm³/mol. The maximum Gasteiger partial charge on any atom is 0.293 e. The van der Waals surface area contributed by atoms with Gasteiger partial charge in [-0.25, -0.2) is 4.98 Å². The molecule has 7 nitrogen and oxygen atoms in total. The molecule has 0 atom stereocenters. The van der Waals surface area contributed by atoms with Gasteiger partial charge >= 0.3 is 0 Å². The van der Waals surface area contributed by atoms with Crippen LogP contribution in [0.1, 0.15) is 10.4 Å². The van der Waals surface area contributed by atoms with Crippen LogP contribution >= 0.6 is 0 Å². The number of nitrogens with zero attached hydrogens (tertiary/aromatic N) is 4. The fourth-order valence-electron chi connectivity index (χ4n) is 1.76. The molecule has 0 spiro atoms. The monoisotopic (exact) mass is 286 g/mol. The van der Waals surface area contributed by atoms with Gasteiger partial charge in [0.05, 0.1) is 11.3 Å². The first kappa shape index (κ1) is 14.4. The van der Waals surface area contributed by atoms with E-state index in [4.69, 9.17) is 0 Å². The van der Waals surface area contributed by atoms with Gasteiger partial charge in [0.2, 0.25) is 0 Å². The number of hydrogen-bond acceptors (Lipinski definition) is 5. The van der Waals surface area contributed by atoms with E-state index >= 15 is 0 Å². The summed E-state index contributed by atoms with van der Waals surface area (Å²) in [6, 6.07) is 4.37. The Labute approximate surface area is 121 Å². The standard InChI is InChI=1S/C14H14N4O3/c1-16(2)7-5-14(19)11-3-4-12(13(9-11)18(20)21)17-8-6-15-10-17/h3-10H,1-2H3/b7-5+. The number of ketones is 1. The summed E-state index contributed by atoms with van der Waals surface area (Å²) in [6.07, 6.45) is 7.57. The summed E-state index contributed by atoms with van der Waals surface area (Å²) in [5.41, 5.74) is 0.492. The Bertz CT molecular complexity index is 690. The molecule has 0 fully saturated rings. The third-order valence-electron chi connectivity index (χ3n) is 2.76. The van der Waals surface area contributed by atoms with Gasteiger partial charge in [0.25, 0.3) is 5.69 Å². The van der Waals surface area contributed by atoms with Crippen LogP contribution in [0.25, 0.3) is 5.69 Å². The van der Waals surface area contributed by atoms with E-state index in [-0.39, 0.29) is 17.0 Å². The highest BCUT2D eigenvalue weighted by Crippen LogP contribution is 2.24. The van der Waals surface area contributed by atoms with Crippen molar-refractivity contribution >= 4 is 11.5 Å². The molecule has 1 aromatic carbocycles. The van der Waals surface area contributed by atoms with Gasteiger partial charge in [-0.3, -0.25) is 14.9 Å². The van der Waals surface area contributed by atoms with E-state index < -0.39 is 4.92 Å². The van der Waals surface area contributed by atoms with Gasteiger partial charge < -0.3 is 9.47 Å². The average Bonchev–Trinajstić information content (AvgIpc) is 2.98. The first-order valence-electron chi connectivity index (χ1n) is 6.15. The minimum absolute atomic E-state index is 0.142. The number of benzene rings is 1. The molecule has 1 aromatic heterocycles. The highest BCUT2D eigenvalue weighted by atomic mass is 16.6. The Kier molecular flexibility index (Phi) is 4.13. The van der Waals surface area contributed by atoms with Gasteiger partial charge in [-0.05, 0) is 12.1 Å². The second-order valence-corrected chi connectivity index (χ2v) is 4.57. The fraction of sp³-hybridized carbons (Fsp3) is 0.143. The molecular formula is C14H14N4O3. The maximum absolute atomic E-state index is 12.0. The maximum atomic E-state index is 12.0. The van der Waals surface area contributed by atoms with Gasteiger partial charge in [-0.15, -0.1) is 0 Å². The van der Waals surface area contributed by atoms with E-state index in [0.29, 0.717) is 5.69 Å². The number of nitro benzene ring substituents is 1. The van der Waals surface area contributed by atoms with Crippen molar-refractivity contribution in [2.45, 2.75) is 0 Å². The summed E-state index contributed by atoms with van der Waals surface area (Å²) in [4.78, 5) is 28.2. The summed E-state index contributed by atoms with van der Waals surface area (Å²) in [5, 5.41) is 11.2. The summed E-state index contributed by atoms with van der Waals surface area (Å²) < 4.78 is 1.53. The van der Waals surface area contributed by atoms with Crippen molar-refractivity contribution in [3.05, 3.63) is 64.9 Å². The normalized spacial score (nSPS) is 10.8. The number of carbonyl (C=O) groups excluding carboxylic acids is 1. The molecule has 2 rings (SSSR count). The number of hydrogen-bond donors (Lipinski definition) is 0. The Morgan fingerprint density at radius 1 is 1.43 bits per heavy atom. The molecule has 0 amide bonds. The van der Waals surface area contributed by atoms with Crippen molar-refractivity contribution in [1.29, 1.82) is 0 Å². The second kappa shape index (κ2) is 6.00. The first-order valence-corrected chi connectivity index (χ1v) is 6.15. The molecule has 0 radical (unpaired) electrons. The van der Waals surface area contributed by atoms with Crippen LogP contribution in [-0.4, -0.2) is 39.3 Å². The Morgan fingerprint density at radius 3 is 2.76 bits per heavy atom. The molecule has 0 unspecified atom stereocenters. The van der Waals surface area contributed by atoms with Crippen LogP contribution in [0, 0.1) is 10.1 Å². The van der Waals surface area contributed by atoms with Gasteiger partial charge in [0.1, 0.15) is 5.69 Å². The zero-order valence-electron chi connectivity index (χ0n) is 11.6. The van der Waals surface area contributed by atoms with Crippen molar-refractivity contribution in [3.63, 3.8) is 0 Å². The first-order chi connectivity index (χ1) is 9.99. The molecule has 108 valence electrons. The van der Waals surface area contributed by atoms with Crippen molar-refractivity contribution in [3.8, 4) is 5.69 Å². The van der Waals surface area contributed by atoms with Crippen LogP contribution < -0.4 is 0 Å². The van der Waals surface area contributed by atoms with Crippen LogP contribution in [0.4, 0.5) is 5.69 Å². The van der Waals surface area contributed by atoms with E-state index in [9.17, 15) is 14.9 Å². The lowest BCUT2D eigenvalue weighted by Gasteiger charge is -2.06. The van der Waals surface area contributed by atoms with Crippen LogP contribution in [-0.2, 0) is 0 Å². The van der Waals surface area contributed by atoms with Gasteiger partial charge in [0, 0.05) is 50.4 Å². The van der Waals surface area contributed by atoms with Crippen LogP contribution in [0.5, 0.6) is 0 Å². The molecule has 2 aromatic rings. The largest absolute Gasteiger partial charge is 0.383 e. The molecule has 0 saturated heterocycles. The molecule has 1 heterocycles. The summed E-state index contributed by atoms with van der Waals surface area (Å²) >= 11 is 0. The fourth-order valence-corrected chi connectivity index (χ4v) is 1.76. The number of allylic oxidation sites excluding steroid dienone is 1. The summed E-state index contributed by atoms with van der Waals surface area (Å²) in [7, 11) is 3.57. The number of carbonyl (C=O) groups is 1. The molecule has 0 aliphatic rings. The van der Waals surface area contributed by atoms with Gasteiger partial charge in [0.15, 0.2) is 5.78 Å². The quantitative estimate of drug-likeness (QED) is 0.363. The van der Waals surface area contributed by atoms with Crippen molar-refractivity contribution in [2.24, 2.45) is 0 Å². The molecule has 0 bridgehead atoms. The molecule has 0 N–H and O–H groups in total. The van der Waals surface area contributed by atoms with Crippen LogP contribution in [0.15, 0.2) is 49.2 Å². The van der Waals surface area contributed by atoms with Crippen molar-refractivity contribution < 1.29 is 9.72 Å². The third kappa shape index (κ3) is 3.33. The minimum Gasteiger partial charge on any atom is -0.383 e. The van der Waals surface area contributed by atoms with Gasteiger partial charge in [-0.2, -0.15) is 0 Å². The Morgan fingerprint density at radius 2 is 2.19 bits per heavy atom. The van der Waals surface area contributed by atoms with E-state index in [1.165, 1.54) is 35.3 Å².